The van der Waals surface area contributed by atoms with Gasteiger partial charge in [0, 0.05) is 6.08 Å². The lowest BCUT2D eigenvalue weighted by Gasteiger charge is -1.98. The van der Waals surface area contributed by atoms with Crippen molar-refractivity contribution in [3.05, 3.63) is 24.3 Å². The van der Waals surface area contributed by atoms with E-state index >= 15 is 0 Å². The molecule has 13 heavy (non-hydrogen) atoms. The number of hydrogen-bond donors (Lipinski definition) is 2. The fourth-order valence-electron chi connectivity index (χ4n) is 0.584. The molecule has 0 saturated heterocycles. The fraction of sp³-hybridized carbons (Fsp3) is 0.143. The molecule has 0 bridgehead atoms. The lowest BCUT2D eigenvalue weighted by molar-refractivity contribution is -0.231. The molecule has 0 aromatic rings. The van der Waals surface area contributed by atoms with Crippen molar-refractivity contribution in [3.8, 4) is 0 Å². The molecule has 0 radical (unpaired) electrons. The Morgan fingerprint density at radius 1 is 1.31 bits per heavy atom. The Bertz CT molecular complexity index is 241. The van der Waals surface area contributed by atoms with Gasteiger partial charge >= 0.3 is 11.9 Å². The maximum absolute atomic E-state index is 10.7. The van der Waals surface area contributed by atoms with Crippen LogP contribution >= 0.6 is 0 Å². The average Bonchev–Trinajstić information content (AvgIpc) is 2.15. The van der Waals surface area contributed by atoms with Gasteiger partial charge in [-0.3, -0.25) is 9.78 Å². The molecule has 0 aromatic carbocycles. The summed E-state index contributed by atoms with van der Waals surface area (Å²) in [6.45, 7) is 3.31. The van der Waals surface area contributed by atoms with Gasteiger partial charge in [0.2, 0.25) is 0 Å². The second kappa shape index (κ2) is 5.92. The second-order valence-corrected chi connectivity index (χ2v) is 1.95. The summed E-state index contributed by atoms with van der Waals surface area (Å²) in [7, 11) is 0. The second-order valence-electron chi connectivity index (χ2n) is 1.95. The van der Waals surface area contributed by atoms with Crippen molar-refractivity contribution in [1.82, 2.24) is 0 Å². The van der Waals surface area contributed by atoms with Gasteiger partial charge in [0.05, 0.1) is 5.57 Å². The van der Waals surface area contributed by atoms with Gasteiger partial charge in [0.25, 0.3) is 0 Å². The maximum atomic E-state index is 10.7. The van der Waals surface area contributed by atoms with Gasteiger partial charge in [-0.05, 0) is 6.42 Å². The molecule has 0 spiro atoms. The molecule has 0 rings (SSSR count). The molecular weight excluding hydrogens is 180 g/mol. The molecule has 0 amide bonds. The minimum absolute atomic E-state index is 0.00843. The van der Waals surface area contributed by atoms with Crippen LogP contribution in [0, 0.1) is 0 Å². The van der Waals surface area contributed by atoms with Gasteiger partial charge in [-0.25, -0.2) is 9.59 Å². The molecule has 0 aliphatic heterocycles. The lowest BCUT2D eigenvalue weighted by atomic mass is 10.2. The number of rotatable bonds is 4. The van der Waals surface area contributed by atoms with Gasteiger partial charge < -0.3 is 0 Å². The smallest absolute Gasteiger partial charge is 0.296 e. The standard InChI is InChI=1S/C7H8O6/c1-2-3-5(7(9)13-11)4-6(8)12-10/h2,4,10-11H,1,3H2. The SMILES string of the molecule is C=CCC(=CC(=O)OO)C(=O)OO. The van der Waals surface area contributed by atoms with Gasteiger partial charge in [-0.15, -0.1) is 6.58 Å². The molecule has 0 saturated carbocycles. The lowest BCUT2D eigenvalue weighted by Crippen LogP contribution is -2.08. The van der Waals surface area contributed by atoms with Crippen molar-refractivity contribution >= 4 is 11.9 Å². The molecule has 0 aliphatic carbocycles. The van der Waals surface area contributed by atoms with E-state index < -0.39 is 11.9 Å². The Morgan fingerprint density at radius 3 is 2.31 bits per heavy atom. The zero-order valence-corrected chi connectivity index (χ0v) is 6.60. The summed E-state index contributed by atoms with van der Waals surface area (Å²) in [5.41, 5.74) is -0.184. The van der Waals surface area contributed by atoms with Crippen LogP contribution in [-0.2, 0) is 19.4 Å². The van der Waals surface area contributed by atoms with E-state index in [0.29, 0.717) is 6.08 Å². The van der Waals surface area contributed by atoms with Gasteiger partial charge in [-0.2, -0.15) is 10.5 Å². The van der Waals surface area contributed by atoms with E-state index in [1.165, 1.54) is 6.08 Å². The monoisotopic (exact) mass is 188 g/mol. The van der Waals surface area contributed by atoms with Gasteiger partial charge in [0.1, 0.15) is 0 Å². The Labute approximate surface area is 73.5 Å². The van der Waals surface area contributed by atoms with Crippen LogP contribution in [0.25, 0.3) is 0 Å². The molecule has 6 heteroatoms. The van der Waals surface area contributed by atoms with Gasteiger partial charge in [-0.1, -0.05) is 6.08 Å². The number of carbonyl (C=O) groups is 2. The molecule has 0 fully saturated rings. The highest BCUT2D eigenvalue weighted by molar-refractivity contribution is 5.96. The molecule has 0 heterocycles. The van der Waals surface area contributed by atoms with Crippen molar-refractivity contribution in [1.29, 1.82) is 0 Å². The molecule has 0 atom stereocenters. The van der Waals surface area contributed by atoms with Gasteiger partial charge in [0.15, 0.2) is 0 Å². The van der Waals surface area contributed by atoms with Crippen molar-refractivity contribution in [2.75, 3.05) is 0 Å². The Kier molecular flexibility index (Phi) is 5.17. The van der Waals surface area contributed by atoms with Crippen molar-refractivity contribution < 1.29 is 29.9 Å². The first kappa shape index (κ1) is 11.3. The first-order valence-electron chi connectivity index (χ1n) is 3.18. The van der Waals surface area contributed by atoms with E-state index in [9.17, 15) is 9.59 Å². The molecule has 2 N–H and O–H groups in total. The molecule has 0 aromatic heterocycles. The van der Waals surface area contributed by atoms with Crippen LogP contribution in [0.4, 0.5) is 0 Å². The highest BCUT2D eigenvalue weighted by atomic mass is 17.1. The first-order valence-corrected chi connectivity index (χ1v) is 3.18. The van der Waals surface area contributed by atoms with Crippen molar-refractivity contribution in [3.63, 3.8) is 0 Å². The predicted molar refractivity (Wildman–Crippen MR) is 40.3 cm³/mol. The molecular formula is C7H8O6. The highest BCUT2D eigenvalue weighted by Crippen LogP contribution is 2.04. The van der Waals surface area contributed by atoms with Crippen LogP contribution in [0.2, 0.25) is 0 Å². The minimum Gasteiger partial charge on any atom is -0.296 e. The molecule has 0 unspecified atom stereocenters. The van der Waals surface area contributed by atoms with Crippen LogP contribution in [0.15, 0.2) is 24.3 Å². The molecule has 72 valence electrons. The Hall–Kier alpha value is -1.66. The third kappa shape index (κ3) is 4.04. The average molecular weight is 188 g/mol. The quantitative estimate of drug-likeness (QED) is 0.289. The molecule has 0 aliphatic rings. The van der Waals surface area contributed by atoms with Crippen LogP contribution in [-0.4, -0.2) is 22.5 Å². The zero-order valence-electron chi connectivity index (χ0n) is 6.60. The zero-order chi connectivity index (χ0) is 10.3. The van der Waals surface area contributed by atoms with Crippen LogP contribution < -0.4 is 0 Å². The van der Waals surface area contributed by atoms with E-state index in [1.54, 1.807) is 0 Å². The van der Waals surface area contributed by atoms with Crippen LogP contribution in [0.3, 0.4) is 0 Å². The largest absolute Gasteiger partial charge is 0.369 e. The Balaban J connectivity index is 4.57. The Morgan fingerprint density at radius 2 is 1.92 bits per heavy atom. The summed E-state index contributed by atoms with van der Waals surface area (Å²) in [6, 6.07) is 0. The summed E-state index contributed by atoms with van der Waals surface area (Å²) in [5, 5.41) is 15.8. The number of hydrogen-bond acceptors (Lipinski definition) is 6. The summed E-state index contributed by atoms with van der Waals surface area (Å²) in [6.07, 6.45) is 2.00. The predicted octanol–water partition coefficient (Wildman–Crippen LogP) is 0.521. The summed E-state index contributed by atoms with van der Waals surface area (Å²) in [5.74, 6) is -2.24. The van der Waals surface area contributed by atoms with Crippen LogP contribution in [0.1, 0.15) is 6.42 Å². The third-order valence-corrected chi connectivity index (χ3v) is 1.09. The van der Waals surface area contributed by atoms with E-state index in [1.807, 2.05) is 0 Å². The van der Waals surface area contributed by atoms with E-state index in [-0.39, 0.29) is 12.0 Å². The first-order chi connectivity index (χ1) is 6.15. The number of allylic oxidation sites excluding steroid dienone is 1. The van der Waals surface area contributed by atoms with E-state index in [0.717, 1.165) is 0 Å². The highest BCUT2D eigenvalue weighted by Gasteiger charge is 2.12. The van der Waals surface area contributed by atoms with E-state index in [4.69, 9.17) is 10.5 Å². The third-order valence-electron chi connectivity index (χ3n) is 1.09. The van der Waals surface area contributed by atoms with E-state index in [2.05, 4.69) is 16.4 Å². The summed E-state index contributed by atoms with van der Waals surface area (Å²) < 4.78 is 0. The summed E-state index contributed by atoms with van der Waals surface area (Å²) in [4.78, 5) is 27.8. The maximum Gasteiger partial charge on any atom is 0.369 e. The fourth-order valence-corrected chi connectivity index (χ4v) is 0.584. The number of carbonyl (C=O) groups excluding carboxylic acids is 2. The van der Waals surface area contributed by atoms with Crippen LogP contribution in [0.5, 0.6) is 0 Å². The van der Waals surface area contributed by atoms with Crippen molar-refractivity contribution in [2.45, 2.75) is 6.42 Å². The van der Waals surface area contributed by atoms with Crippen molar-refractivity contribution in [2.24, 2.45) is 0 Å². The molecule has 6 nitrogen and oxygen atoms in total. The normalized spacial score (nSPS) is 10.5. The topological polar surface area (TPSA) is 93.1 Å². The minimum atomic E-state index is -1.14. The summed E-state index contributed by atoms with van der Waals surface area (Å²) >= 11 is 0.